The maximum atomic E-state index is 13.6. The normalized spacial score (nSPS) is 15.4. The number of amides is 2. The second kappa shape index (κ2) is 9.87. The lowest BCUT2D eigenvalue weighted by molar-refractivity contribution is -0.134. The van der Waals surface area contributed by atoms with E-state index in [0.717, 1.165) is 12.0 Å². The highest BCUT2D eigenvalue weighted by molar-refractivity contribution is 7.10. The van der Waals surface area contributed by atoms with E-state index < -0.39 is 0 Å². The van der Waals surface area contributed by atoms with Crippen LogP contribution in [0.1, 0.15) is 51.8 Å². The van der Waals surface area contributed by atoms with Gasteiger partial charge in [0.05, 0.1) is 6.04 Å². The highest BCUT2D eigenvalue weighted by atomic mass is 32.1. The zero-order chi connectivity index (χ0) is 23.5. The Morgan fingerprint density at radius 1 is 1.09 bits per heavy atom. The summed E-state index contributed by atoms with van der Waals surface area (Å²) in [6, 6.07) is 15.8. The van der Waals surface area contributed by atoms with Crippen LogP contribution in [0.5, 0.6) is 0 Å². The second-order valence-electron chi connectivity index (χ2n) is 9.04. The van der Waals surface area contributed by atoms with E-state index in [2.05, 4.69) is 42.6 Å². The predicted octanol–water partition coefficient (Wildman–Crippen LogP) is 5.47. The Bertz CT molecular complexity index is 1120. The minimum Gasteiger partial charge on any atom is -0.330 e. The van der Waals surface area contributed by atoms with Gasteiger partial charge < -0.3 is 9.80 Å². The van der Waals surface area contributed by atoms with Crippen LogP contribution in [0.2, 0.25) is 0 Å². The number of thiophene rings is 1. The number of benzene rings is 2. The summed E-state index contributed by atoms with van der Waals surface area (Å²) in [5.41, 5.74) is 3.81. The highest BCUT2D eigenvalue weighted by Gasteiger charge is 2.34. The van der Waals surface area contributed by atoms with E-state index in [1.165, 1.54) is 40.3 Å². The summed E-state index contributed by atoms with van der Waals surface area (Å²) in [5, 5.41) is 2.09. The fraction of sp³-hybridized carbons (Fsp3) is 0.333. The van der Waals surface area contributed by atoms with Crippen LogP contribution in [0.3, 0.4) is 0 Å². The molecule has 172 valence electrons. The van der Waals surface area contributed by atoms with Crippen molar-refractivity contribution >= 4 is 23.2 Å². The molecule has 2 heterocycles. The highest BCUT2D eigenvalue weighted by Crippen LogP contribution is 2.38. The fourth-order valence-electron chi connectivity index (χ4n) is 4.38. The lowest BCUT2D eigenvalue weighted by atomic mass is 9.92. The van der Waals surface area contributed by atoms with Crippen LogP contribution in [-0.4, -0.2) is 41.2 Å². The predicted molar refractivity (Wildman–Crippen MR) is 130 cm³/mol. The number of carbonyl (C=O) groups excluding carboxylic acids is 2. The molecular formula is C27H29FN2O2S. The number of carbonyl (C=O) groups is 2. The maximum absolute atomic E-state index is 13.6. The first-order valence-corrected chi connectivity index (χ1v) is 12.2. The molecule has 1 unspecified atom stereocenters. The van der Waals surface area contributed by atoms with E-state index in [-0.39, 0.29) is 36.1 Å². The van der Waals surface area contributed by atoms with Gasteiger partial charge in [0.15, 0.2) is 0 Å². The molecule has 0 N–H and O–H groups in total. The molecule has 4 rings (SSSR count). The van der Waals surface area contributed by atoms with Gasteiger partial charge in [0.2, 0.25) is 5.91 Å². The number of hydrogen-bond donors (Lipinski definition) is 0. The van der Waals surface area contributed by atoms with Gasteiger partial charge in [0, 0.05) is 23.5 Å². The average Bonchev–Trinajstić information content (AvgIpc) is 3.27. The van der Waals surface area contributed by atoms with Crippen LogP contribution < -0.4 is 0 Å². The summed E-state index contributed by atoms with van der Waals surface area (Å²) in [5.74, 6) is -0.524. The monoisotopic (exact) mass is 464 g/mol. The molecule has 0 bridgehead atoms. The zero-order valence-electron chi connectivity index (χ0n) is 19.3. The van der Waals surface area contributed by atoms with Gasteiger partial charge >= 0.3 is 0 Å². The van der Waals surface area contributed by atoms with Gasteiger partial charge in [-0.15, -0.1) is 11.3 Å². The molecule has 33 heavy (non-hydrogen) atoms. The zero-order valence-corrected chi connectivity index (χ0v) is 20.1. The molecule has 1 aliphatic heterocycles. The summed E-state index contributed by atoms with van der Waals surface area (Å²) < 4.78 is 13.4. The lowest BCUT2D eigenvalue weighted by Crippen LogP contribution is -2.47. The molecule has 1 atom stereocenters. The van der Waals surface area contributed by atoms with Gasteiger partial charge in [-0.3, -0.25) is 9.59 Å². The topological polar surface area (TPSA) is 40.6 Å². The summed E-state index contributed by atoms with van der Waals surface area (Å²) >= 11 is 1.73. The third-order valence-corrected chi connectivity index (χ3v) is 6.97. The third-order valence-electron chi connectivity index (χ3n) is 5.97. The fourth-order valence-corrected chi connectivity index (χ4v) is 5.29. The largest absolute Gasteiger partial charge is 0.330 e. The van der Waals surface area contributed by atoms with Crippen LogP contribution >= 0.6 is 11.3 Å². The number of halogens is 1. The molecule has 0 fully saturated rings. The van der Waals surface area contributed by atoms with E-state index in [1.54, 1.807) is 16.2 Å². The second-order valence-corrected chi connectivity index (χ2v) is 10.0. The molecule has 0 spiro atoms. The van der Waals surface area contributed by atoms with E-state index in [1.807, 2.05) is 18.7 Å². The van der Waals surface area contributed by atoms with E-state index >= 15 is 0 Å². The molecule has 3 aromatic rings. The standard InChI is InChI=1S/C27H29FN2O2S/c1-18(2)16-29(27(32)21-8-10-22(28)11-9-21)17-25(31)30-14-12-24-23(13-15-33-24)26(30)20-6-4-19(3)5-7-20/h4-11,13,15,18,26H,12,14,16-17H2,1-3H3. The maximum Gasteiger partial charge on any atom is 0.254 e. The van der Waals surface area contributed by atoms with Crippen LogP contribution in [0.25, 0.3) is 0 Å². The molecule has 4 nitrogen and oxygen atoms in total. The molecule has 2 amide bonds. The van der Waals surface area contributed by atoms with Crippen molar-refractivity contribution in [2.45, 2.75) is 33.2 Å². The van der Waals surface area contributed by atoms with Gasteiger partial charge in [0.1, 0.15) is 12.4 Å². The number of hydrogen-bond acceptors (Lipinski definition) is 3. The Morgan fingerprint density at radius 2 is 1.79 bits per heavy atom. The summed E-state index contributed by atoms with van der Waals surface area (Å²) in [4.78, 5) is 31.6. The summed E-state index contributed by atoms with van der Waals surface area (Å²) in [6.07, 6.45) is 0.817. The van der Waals surface area contributed by atoms with E-state index in [9.17, 15) is 14.0 Å². The molecule has 0 saturated heterocycles. The summed E-state index contributed by atoms with van der Waals surface area (Å²) in [7, 11) is 0. The van der Waals surface area contributed by atoms with E-state index in [0.29, 0.717) is 18.7 Å². The van der Waals surface area contributed by atoms with E-state index in [4.69, 9.17) is 0 Å². The van der Waals surface area contributed by atoms with Crippen molar-refractivity contribution in [3.63, 3.8) is 0 Å². The van der Waals surface area contributed by atoms with Crippen LogP contribution in [0, 0.1) is 18.7 Å². The molecule has 0 saturated carbocycles. The number of nitrogens with zero attached hydrogens (tertiary/aromatic N) is 2. The smallest absolute Gasteiger partial charge is 0.254 e. The van der Waals surface area contributed by atoms with Gasteiger partial charge in [-0.25, -0.2) is 4.39 Å². The molecule has 2 aromatic carbocycles. The van der Waals surface area contributed by atoms with Crippen molar-refractivity contribution in [1.82, 2.24) is 9.80 Å². The Kier molecular flexibility index (Phi) is 6.94. The SMILES string of the molecule is Cc1ccc(C2c3ccsc3CCN2C(=O)CN(CC(C)C)C(=O)c2ccc(F)cc2)cc1. The molecule has 0 aliphatic carbocycles. The van der Waals surface area contributed by atoms with Crippen molar-refractivity contribution in [2.75, 3.05) is 19.6 Å². The minimum absolute atomic E-state index is 0.00375. The van der Waals surface area contributed by atoms with Gasteiger partial charge in [-0.1, -0.05) is 43.7 Å². The quantitative estimate of drug-likeness (QED) is 0.486. The molecular weight excluding hydrogens is 435 g/mol. The first kappa shape index (κ1) is 23.2. The van der Waals surface area contributed by atoms with Crippen molar-refractivity contribution < 1.29 is 14.0 Å². The van der Waals surface area contributed by atoms with Crippen molar-refractivity contribution in [2.24, 2.45) is 5.92 Å². The molecule has 1 aromatic heterocycles. The van der Waals surface area contributed by atoms with Crippen molar-refractivity contribution in [3.05, 3.63) is 92.9 Å². The first-order chi connectivity index (χ1) is 15.8. The van der Waals surface area contributed by atoms with Gasteiger partial charge in [-0.2, -0.15) is 0 Å². The molecule has 1 aliphatic rings. The molecule has 6 heteroatoms. The van der Waals surface area contributed by atoms with Gasteiger partial charge in [0.25, 0.3) is 5.91 Å². The number of aryl methyl sites for hydroxylation is 1. The number of rotatable bonds is 6. The lowest BCUT2D eigenvalue weighted by Gasteiger charge is -2.38. The van der Waals surface area contributed by atoms with Crippen LogP contribution in [0.4, 0.5) is 4.39 Å². The summed E-state index contributed by atoms with van der Waals surface area (Å²) in [6.45, 7) is 7.15. The molecule has 0 radical (unpaired) electrons. The van der Waals surface area contributed by atoms with Gasteiger partial charge in [-0.05, 0) is 66.1 Å². The van der Waals surface area contributed by atoms with Crippen LogP contribution in [-0.2, 0) is 11.2 Å². The Morgan fingerprint density at radius 3 is 2.45 bits per heavy atom. The Balaban J connectivity index is 1.61. The third kappa shape index (κ3) is 5.17. The van der Waals surface area contributed by atoms with Crippen molar-refractivity contribution in [3.8, 4) is 0 Å². The Labute approximate surface area is 198 Å². The Hall–Kier alpha value is -2.99. The minimum atomic E-state index is -0.390. The number of fused-ring (bicyclic) bond motifs is 1. The first-order valence-electron chi connectivity index (χ1n) is 11.3. The van der Waals surface area contributed by atoms with Crippen LogP contribution in [0.15, 0.2) is 60.0 Å². The average molecular weight is 465 g/mol. The van der Waals surface area contributed by atoms with Crippen molar-refractivity contribution in [1.29, 1.82) is 0 Å².